The summed E-state index contributed by atoms with van der Waals surface area (Å²) in [4.78, 5) is 14.8. The molecule has 7 heteroatoms. The summed E-state index contributed by atoms with van der Waals surface area (Å²) in [6.07, 6.45) is 2.72. The van der Waals surface area contributed by atoms with E-state index in [9.17, 15) is 9.90 Å². The average molecular weight is 523 g/mol. The molecule has 154 valence electrons. The van der Waals surface area contributed by atoms with Crippen LogP contribution in [0.15, 0.2) is 44.4 Å². The number of halogens is 2. The summed E-state index contributed by atoms with van der Waals surface area (Å²) in [6.45, 7) is 9.97. The normalized spacial score (nSPS) is 18.0. The predicted molar refractivity (Wildman–Crippen MR) is 125 cm³/mol. The second-order valence-electron chi connectivity index (χ2n) is 7.96. The van der Waals surface area contributed by atoms with Crippen molar-refractivity contribution in [2.24, 2.45) is 5.10 Å². The molecule has 0 spiro atoms. The van der Waals surface area contributed by atoms with Crippen molar-refractivity contribution in [2.75, 3.05) is 11.4 Å². The van der Waals surface area contributed by atoms with Gasteiger partial charge in [0.05, 0.1) is 16.3 Å². The van der Waals surface area contributed by atoms with Crippen molar-refractivity contribution in [2.45, 2.75) is 45.6 Å². The van der Waals surface area contributed by atoms with Crippen LogP contribution in [0, 0.1) is 0 Å². The smallest absolute Gasteiger partial charge is 0.275 e. The van der Waals surface area contributed by atoms with Crippen LogP contribution in [0.2, 0.25) is 0 Å². The largest absolute Gasteiger partial charge is 0.506 e. The molecule has 5 nitrogen and oxygen atoms in total. The zero-order valence-electron chi connectivity index (χ0n) is 17.0. The van der Waals surface area contributed by atoms with Crippen molar-refractivity contribution in [1.82, 2.24) is 5.43 Å². The number of hydrazone groups is 1. The summed E-state index contributed by atoms with van der Waals surface area (Å²) in [5.41, 5.74) is 6.25. The van der Waals surface area contributed by atoms with Crippen molar-refractivity contribution < 1.29 is 9.90 Å². The Morgan fingerprint density at radius 2 is 2.07 bits per heavy atom. The molecule has 1 atom stereocenters. The third kappa shape index (κ3) is 4.51. The number of carbonyl (C=O) groups is 1. The van der Waals surface area contributed by atoms with Gasteiger partial charge in [0.25, 0.3) is 5.91 Å². The number of carbonyl (C=O) groups excluding carboxylic acids is 1. The minimum atomic E-state index is -0.481. The highest BCUT2D eigenvalue weighted by atomic mass is 79.9. The summed E-state index contributed by atoms with van der Waals surface area (Å²) >= 11 is 6.54. The first-order valence-electron chi connectivity index (χ1n) is 9.57. The molecule has 1 amide bonds. The lowest BCUT2D eigenvalue weighted by Crippen LogP contribution is -2.48. The van der Waals surface area contributed by atoms with Crippen LogP contribution in [0.5, 0.6) is 5.75 Å². The molecule has 29 heavy (non-hydrogen) atoms. The number of hydrogen-bond donors (Lipinski definition) is 2. The molecular weight excluding hydrogens is 498 g/mol. The standard InChI is InChI=1S/C22H25Br2N3O2/c1-5-27-19-7-6-14(8-16(19)13(2)11-22(27,3)4)12-25-26-21(29)17-9-15(23)10-18(24)20(17)28/h6-10,12-13,28H,5,11H2,1-4H3,(H,26,29)/b25-12-/t13-/m0/s1. The van der Waals surface area contributed by atoms with Gasteiger partial charge in [0.15, 0.2) is 0 Å². The highest BCUT2D eigenvalue weighted by Gasteiger charge is 2.35. The zero-order chi connectivity index (χ0) is 21.3. The minimum absolute atomic E-state index is 0.120. The van der Waals surface area contributed by atoms with Crippen molar-refractivity contribution in [3.8, 4) is 5.75 Å². The molecule has 0 radical (unpaired) electrons. The Kier molecular flexibility index (Phi) is 6.39. The fourth-order valence-corrected chi connectivity index (χ4v) is 5.38. The van der Waals surface area contributed by atoms with Crippen LogP contribution in [-0.4, -0.2) is 29.3 Å². The maximum absolute atomic E-state index is 12.4. The van der Waals surface area contributed by atoms with Crippen LogP contribution >= 0.6 is 31.9 Å². The van der Waals surface area contributed by atoms with Gasteiger partial charge >= 0.3 is 0 Å². The van der Waals surface area contributed by atoms with Gasteiger partial charge in [-0.3, -0.25) is 4.79 Å². The number of phenols is 1. The molecule has 2 N–H and O–H groups in total. The van der Waals surface area contributed by atoms with E-state index in [0.717, 1.165) is 18.5 Å². The number of fused-ring (bicyclic) bond motifs is 1. The molecule has 1 aliphatic rings. The third-order valence-corrected chi connectivity index (χ3v) is 6.44. The van der Waals surface area contributed by atoms with Gasteiger partial charge in [-0.05, 0) is 84.4 Å². The number of rotatable bonds is 4. The topological polar surface area (TPSA) is 64.9 Å². The summed E-state index contributed by atoms with van der Waals surface area (Å²) in [7, 11) is 0. The van der Waals surface area contributed by atoms with Gasteiger partial charge in [0.1, 0.15) is 5.75 Å². The van der Waals surface area contributed by atoms with E-state index in [1.807, 2.05) is 6.07 Å². The van der Waals surface area contributed by atoms with Crippen molar-refractivity contribution in [3.05, 3.63) is 56.0 Å². The van der Waals surface area contributed by atoms with Crippen LogP contribution in [0.3, 0.4) is 0 Å². The lowest BCUT2D eigenvalue weighted by molar-refractivity contribution is 0.0952. The Bertz CT molecular complexity index is 973. The van der Waals surface area contributed by atoms with Gasteiger partial charge in [-0.25, -0.2) is 5.43 Å². The minimum Gasteiger partial charge on any atom is -0.506 e. The van der Waals surface area contributed by atoms with E-state index in [-0.39, 0.29) is 16.9 Å². The molecule has 1 aliphatic heterocycles. The molecule has 1 heterocycles. The van der Waals surface area contributed by atoms with Gasteiger partial charge in [-0.1, -0.05) is 28.9 Å². The van der Waals surface area contributed by atoms with Gasteiger partial charge in [0, 0.05) is 22.2 Å². The maximum atomic E-state index is 12.4. The molecule has 2 aromatic carbocycles. The van der Waals surface area contributed by atoms with Crippen LogP contribution in [0.4, 0.5) is 5.69 Å². The zero-order valence-corrected chi connectivity index (χ0v) is 20.1. The molecule has 0 saturated heterocycles. The van der Waals surface area contributed by atoms with E-state index in [4.69, 9.17) is 0 Å². The van der Waals surface area contributed by atoms with Crippen molar-refractivity contribution in [3.63, 3.8) is 0 Å². The summed E-state index contributed by atoms with van der Waals surface area (Å²) < 4.78 is 1.12. The maximum Gasteiger partial charge on any atom is 0.275 e. The molecule has 0 aromatic heterocycles. The number of hydrogen-bond acceptors (Lipinski definition) is 4. The Morgan fingerprint density at radius 3 is 2.76 bits per heavy atom. The number of nitrogens with one attached hydrogen (secondary N) is 1. The van der Waals surface area contributed by atoms with Crippen LogP contribution in [-0.2, 0) is 0 Å². The summed E-state index contributed by atoms with van der Waals surface area (Å²) in [5, 5.41) is 14.2. The summed E-state index contributed by atoms with van der Waals surface area (Å²) in [5.74, 6) is -0.154. The first kappa shape index (κ1) is 21.8. The second-order valence-corrected chi connectivity index (χ2v) is 9.73. The first-order valence-corrected chi connectivity index (χ1v) is 11.2. The monoisotopic (exact) mass is 521 g/mol. The Hall–Kier alpha value is -1.86. The lowest BCUT2D eigenvalue weighted by Gasteiger charge is -2.47. The lowest BCUT2D eigenvalue weighted by atomic mass is 9.79. The number of phenolic OH excluding ortho intramolecular Hbond substituents is 1. The van der Waals surface area contributed by atoms with E-state index in [1.165, 1.54) is 11.3 Å². The van der Waals surface area contributed by atoms with E-state index in [0.29, 0.717) is 14.9 Å². The van der Waals surface area contributed by atoms with Gasteiger partial charge in [-0.2, -0.15) is 5.10 Å². The van der Waals surface area contributed by atoms with E-state index in [2.05, 4.69) is 87.1 Å². The Morgan fingerprint density at radius 1 is 1.34 bits per heavy atom. The first-order chi connectivity index (χ1) is 13.6. The number of amides is 1. The molecule has 0 saturated carbocycles. The number of anilines is 1. The highest BCUT2D eigenvalue weighted by Crippen LogP contribution is 2.43. The van der Waals surface area contributed by atoms with E-state index < -0.39 is 5.91 Å². The van der Waals surface area contributed by atoms with Gasteiger partial charge < -0.3 is 10.0 Å². The number of benzene rings is 2. The van der Waals surface area contributed by atoms with Gasteiger partial charge in [0.2, 0.25) is 0 Å². The fraction of sp³-hybridized carbons (Fsp3) is 0.364. The van der Waals surface area contributed by atoms with Crippen molar-refractivity contribution >= 4 is 49.7 Å². The fourth-order valence-electron chi connectivity index (χ4n) is 4.15. The summed E-state index contributed by atoms with van der Waals surface area (Å²) in [6, 6.07) is 9.51. The molecule has 0 bridgehead atoms. The van der Waals surface area contributed by atoms with E-state index >= 15 is 0 Å². The Labute approximate surface area is 188 Å². The second kappa shape index (κ2) is 8.48. The predicted octanol–water partition coefficient (Wildman–Crippen LogP) is 5.79. The van der Waals surface area contributed by atoms with Crippen LogP contribution in [0.25, 0.3) is 0 Å². The molecular formula is C22H25Br2N3O2. The van der Waals surface area contributed by atoms with E-state index in [1.54, 1.807) is 18.3 Å². The molecule has 3 rings (SSSR count). The highest BCUT2D eigenvalue weighted by molar-refractivity contribution is 9.11. The molecule has 2 aromatic rings. The molecule has 0 fully saturated rings. The number of nitrogens with zero attached hydrogens (tertiary/aromatic N) is 2. The SMILES string of the molecule is CCN1c2ccc(/C=N\NC(=O)c3cc(Br)cc(Br)c3O)cc2[C@@H](C)CC1(C)C. The molecule has 0 unspecified atom stereocenters. The van der Waals surface area contributed by atoms with Crippen molar-refractivity contribution in [1.29, 1.82) is 0 Å². The molecule has 0 aliphatic carbocycles. The quantitative estimate of drug-likeness (QED) is 0.394. The average Bonchev–Trinajstić information content (AvgIpc) is 2.64. The van der Waals surface area contributed by atoms with Crippen LogP contribution < -0.4 is 10.3 Å². The Balaban J connectivity index is 1.79. The van der Waals surface area contributed by atoms with Crippen LogP contribution in [0.1, 0.15) is 61.5 Å². The third-order valence-electron chi connectivity index (χ3n) is 5.38. The number of aromatic hydroxyl groups is 1. The van der Waals surface area contributed by atoms with Gasteiger partial charge in [-0.15, -0.1) is 0 Å².